The molecule has 4 N–H and O–H groups in total. The number of rotatable bonds is 2. The number of fused-ring (bicyclic) bond motifs is 2. The lowest BCUT2D eigenvalue weighted by Crippen LogP contribution is -2.52. The Morgan fingerprint density at radius 2 is 2.00 bits per heavy atom. The van der Waals surface area contributed by atoms with Crippen molar-refractivity contribution in [2.45, 2.75) is 44.3 Å². The Kier molecular flexibility index (Phi) is 3.06. The second-order valence-corrected chi connectivity index (χ2v) is 8.26. The van der Waals surface area contributed by atoms with E-state index in [0.717, 1.165) is 11.1 Å². The summed E-state index contributed by atoms with van der Waals surface area (Å²) in [5.74, 6) is -4.11. The first-order valence-electron chi connectivity index (χ1n) is 8.54. The molecule has 1 spiro atoms. The molecule has 6 nitrogen and oxygen atoms in total. The minimum absolute atomic E-state index is 0.269. The van der Waals surface area contributed by atoms with Gasteiger partial charge < -0.3 is 20.4 Å². The highest BCUT2D eigenvalue weighted by molar-refractivity contribution is 5.83. The van der Waals surface area contributed by atoms with Gasteiger partial charge in [0.05, 0.1) is 17.6 Å². The number of aliphatic hydroxyl groups is 2. The Bertz CT molecular complexity index is 779. The monoisotopic (exact) mass is 346 g/mol. The molecule has 4 rings (SSSR count). The van der Waals surface area contributed by atoms with E-state index in [4.69, 9.17) is 0 Å². The van der Waals surface area contributed by atoms with Gasteiger partial charge in [0.2, 0.25) is 0 Å². The molecule has 0 saturated heterocycles. The first kappa shape index (κ1) is 16.5. The van der Waals surface area contributed by atoms with Gasteiger partial charge in [-0.25, -0.2) is 0 Å². The van der Waals surface area contributed by atoms with Gasteiger partial charge in [0.25, 0.3) is 0 Å². The molecule has 0 heterocycles. The SMILES string of the molecule is C=C1CC23CC1(O)CCC2=C1C=CC(O)C(C)(C(=O)O)C1C3C(=O)O. The fourth-order valence-electron chi connectivity index (χ4n) is 5.93. The highest BCUT2D eigenvalue weighted by Crippen LogP contribution is 2.71. The Hall–Kier alpha value is -1.92. The van der Waals surface area contributed by atoms with Gasteiger partial charge in [-0.05, 0) is 43.8 Å². The average Bonchev–Trinajstić information content (AvgIpc) is 2.90. The Balaban J connectivity index is 1.98. The lowest BCUT2D eigenvalue weighted by Gasteiger charge is -2.43. The Morgan fingerprint density at radius 3 is 2.60 bits per heavy atom. The predicted octanol–water partition coefficient (Wildman–Crippen LogP) is 1.50. The summed E-state index contributed by atoms with van der Waals surface area (Å²) in [6.07, 6.45) is 3.52. The first-order valence-corrected chi connectivity index (χ1v) is 8.54. The van der Waals surface area contributed by atoms with E-state index in [0.29, 0.717) is 24.8 Å². The summed E-state index contributed by atoms with van der Waals surface area (Å²) in [6.45, 7) is 5.40. The number of aliphatic hydroxyl groups excluding tert-OH is 1. The minimum atomic E-state index is -1.62. The van der Waals surface area contributed by atoms with E-state index < -0.39 is 46.3 Å². The van der Waals surface area contributed by atoms with Crippen molar-refractivity contribution in [2.75, 3.05) is 0 Å². The second kappa shape index (κ2) is 4.62. The summed E-state index contributed by atoms with van der Waals surface area (Å²) in [7, 11) is 0. The minimum Gasteiger partial charge on any atom is -0.481 e. The summed E-state index contributed by atoms with van der Waals surface area (Å²) in [4.78, 5) is 24.3. The highest BCUT2D eigenvalue weighted by Gasteiger charge is 2.70. The number of carbonyl (C=O) groups is 2. The largest absolute Gasteiger partial charge is 0.481 e. The predicted molar refractivity (Wildman–Crippen MR) is 87.5 cm³/mol. The van der Waals surface area contributed by atoms with Gasteiger partial charge in [-0.1, -0.05) is 24.3 Å². The van der Waals surface area contributed by atoms with Gasteiger partial charge in [-0.15, -0.1) is 0 Å². The molecule has 0 aliphatic heterocycles. The van der Waals surface area contributed by atoms with E-state index in [1.807, 2.05) is 0 Å². The fraction of sp³-hybridized carbons (Fsp3) is 0.579. The van der Waals surface area contributed by atoms with Crippen molar-refractivity contribution in [3.05, 3.63) is 35.5 Å². The van der Waals surface area contributed by atoms with E-state index in [-0.39, 0.29) is 6.42 Å². The molecule has 134 valence electrons. The van der Waals surface area contributed by atoms with Gasteiger partial charge in [-0.2, -0.15) is 0 Å². The van der Waals surface area contributed by atoms with Gasteiger partial charge >= 0.3 is 11.9 Å². The van der Waals surface area contributed by atoms with Crippen molar-refractivity contribution in [1.82, 2.24) is 0 Å². The summed E-state index contributed by atoms with van der Waals surface area (Å²) < 4.78 is 0. The fourth-order valence-corrected chi connectivity index (χ4v) is 5.93. The first-order chi connectivity index (χ1) is 11.6. The van der Waals surface area contributed by atoms with Crippen LogP contribution in [0.15, 0.2) is 35.5 Å². The van der Waals surface area contributed by atoms with Crippen molar-refractivity contribution >= 4 is 11.9 Å². The van der Waals surface area contributed by atoms with Crippen molar-refractivity contribution in [3.8, 4) is 0 Å². The number of hydrogen-bond acceptors (Lipinski definition) is 4. The van der Waals surface area contributed by atoms with Crippen LogP contribution in [0.5, 0.6) is 0 Å². The Morgan fingerprint density at radius 1 is 1.32 bits per heavy atom. The third-order valence-electron chi connectivity index (χ3n) is 7.24. The van der Waals surface area contributed by atoms with E-state index in [1.165, 1.54) is 13.0 Å². The van der Waals surface area contributed by atoms with Crippen LogP contribution in [-0.4, -0.2) is 44.1 Å². The van der Waals surface area contributed by atoms with Crippen molar-refractivity contribution in [2.24, 2.45) is 22.7 Å². The zero-order valence-corrected chi connectivity index (χ0v) is 14.0. The van der Waals surface area contributed by atoms with Crippen LogP contribution < -0.4 is 0 Å². The van der Waals surface area contributed by atoms with E-state index in [9.17, 15) is 30.0 Å². The maximum atomic E-state index is 12.3. The molecule has 6 unspecified atom stereocenters. The van der Waals surface area contributed by atoms with Crippen LogP contribution in [0.4, 0.5) is 0 Å². The van der Waals surface area contributed by atoms with Crippen LogP contribution in [0.1, 0.15) is 32.6 Å². The lowest BCUT2D eigenvalue weighted by molar-refractivity contribution is -0.164. The lowest BCUT2D eigenvalue weighted by atomic mass is 9.59. The summed E-state index contributed by atoms with van der Waals surface area (Å²) in [5, 5.41) is 41.1. The molecule has 4 aliphatic rings. The molecule has 0 aromatic heterocycles. The standard InChI is InChI=1S/C19H22O6/c1-9-7-18-8-19(9,25)6-5-11(18)10-3-4-12(20)17(2,16(23)24)13(10)14(18)15(21)22/h3-4,12-14,20,25H,1,5-8H2,2H3,(H,21,22)(H,23,24). The summed E-state index contributed by atoms with van der Waals surface area (Å²) in [5.41, 5.74) is -1.21. The van der Waals surface area contributed by atoms with Gasteiger partial charge in [0.15, 0.2) is 0 Å². The quantitative estimate of drug-likeness (QED) is 0.563. The molecule has 4 aliphatic carbocycles. The van der Waals surface area contributed by atoms with E-state index in [1.54, 1.807) is 6.08 Å². The summed E-state index contributed by atoms with van der Waals surface area (Å²) in [6, 6.07) is 0. The molecule has 25 heavy (non-hydrogen) atoms. The Labute approximate surface area is 145 Å². The number of allylic oxidation sites excluding steroid dienone is 3. The summed E-state index contributed by atoms with van der Waals surface area (Å²) >= 11 is 0. The number of aliphatic carboxylic acids is 2. The topological polar surface area (TPSA) is 115 Å². The van der Waals surface area contributed by atoms with Crippen LogP contribution >= 0.6 is 0 Å². The third kappa shape index (κ3) is 1.71. The molecule has 0 aromatic carbocycles. The van der Waals surface area contributed by atoms with Crippen molar-refractivity contribution in [3.63, 3.8) is 0 Å². The zero-order valence-electron chi connectivity index (χ0n) is 14.0. The average molecular weight is 346 g/mol. The number of carboxylic acid groups (broad SMARTS) is 2. The van der Waals surface area contributed by atoms with Crippen LogP contribution in [0, 0.1) is 22.7 Å². The molecular formula is C19H22O6. The van der Waals surface area contributed by atoms with Gasteiger partial charge in [0.1, 0.15) is 5.41 Å². The molecular weight excluding hydrogens is 324 g/mol. The van der Waals surface area contributed by atoms with Gasteiger partial charge in [0, 0.05) is 11.3 Å². The highest BCUT2D eigenvalue weighted by atomic mass is 16.4. The molecule has 6 heteroatoms. The third-order valence-corrected chi connectivity index (χ3v) is 7.24. The molecule has 2 bridgehead atoms. The number of hydrogen-bond donors (Lipinski definition) is 4. The molecule has 0 amide bonds. The second-order valence-electron chi connectivity index (χ2n) is 8.26. The van der Waals surface area contributed by atoms with Crippen LogP contribution in [-0.2, 0) is 9.59 Å². The van der Waals surface area contributed by atoms with Crippen LogP contribution in [0.25, 0.3) is 0 Å². The molecule has 2 saturated carbocycles. The molecule has 6 atom stereocenters. The van der Waals surface area contributed by atoms with E-state index >= 15 is 0 Å². The zero-order chi connectivity index (χ0) is 18.4. The molecule has 0 radical (unpaired) electrons. The smallest absolute Gasteiger partial charge is 0.312 e. The van der Waals surface area contributed by atoms with Gasteiger partial charge in [-0.3, -0.25) is 9.59 Å². The maximum absolute atomic E-state index is 12.3. The van der Waals surface area contributed by atoms with Crippen LogP contribution in [0.3, 0.4) is 0 Å². The van der Waals surface area contributed by atoms with E-state index in [2.05, 4.69) is 6.58 Å². The van der Waals surface area contributed by atoms with Crippen LogP contribution in [0.2, 0.25) is 0 Å². The van der Waals surface area contributed by atoms with Crippen molar-refractivity contribution in [1.29, 1.82) is 0 Å². The normalized spacial score (nSPS) is 47.6. The molecule has 2 fully saturated rings. The molecule has 0 aromatic rings. The maximum Gasteiger partial charge on any atom is 0.312 e. The number of carboxylic acids is 2. The van der Waals surface area contributed by atoms with Crippen molar-refractivity contribution < 1.29 is 30.0 Å².